The number of carboxylic acid groups (broad SMARTS) is 1. The minimum atomic E-state index is -1.16. The first-order valence-electron chi connectivity index (χ1n) is 7.72. The summed E-state index contributed by atoms with van der Waals surface area (Å²) in [5.74, 6) is -2.69. The fourth-order valence-electron chi connectivity index (χ4n) is 2.62. The number of hydrogen-bond acceptors (Lipinski definition) is 6. The molecule has 0 atom stereocenters. The van der Waals surface area contributed by atoms with Gasteiger partial charge in [-0.3, -0.25) is 0 Å². The van der Waals surface area contributed by atoms with Crippen LogP contribution in [0.2, 0.25) is 0 Å². The van der Waals surface area contributed by atoms with Gasteiger partial charge >= 0.3 is 17.9 Å². The number of carbonyl (C=O) groups is 3. The highest BCUT2D eigenvalue weighted by Gasteiger charge is 2.30. The monoisotopic (exact) mass is 357 g/mol. The SMILES string of the molecule is COC(=O)C1=C(C(=O)OC)N(c2c(C(=O)O)ccc(C)c2C)C=CC=C1. The van der Waals surface area contributed by atoms with Gasteiger partial charge in [0.1, 0.15) is 5.70 Å². The number of carbonyl (C=O) groups excluding carboxylic acids is 2. The third kappa shape index (κ3) is 3.37. The van der Waals surface area contributed by atoms with Crippen LogP contribution >= 0.6 is 0 Å². The second-order valence-electron chi connectivity index (χ2n) is 5.52. The van der Waals surface area contributed by atoms with E-state index in [0.717, 1.165) is 5.56 Å². The Morgan fingerprint density at radius 1 is 1.00 bits per heavy atom. The van der Waals surface area contributed by atoms with Gasteiger partial charge in [0.15, 0.2) is 0 Å². The molecule has 0 aliphatic carbocycles. The van der Waals surface area contributed by atoms with E-state index in [0.29, 0.717) is 5.56 Å². The quantitative estimate of drug-likeness (QED) is 0.828. The maximum absolute atomic E-state index is 12.5. The highest BCUT2D eigenvalue weighted by atomic mass is 16.5. The van der Waals surface area contributed by atoms with Crippen LogP contribution in [0.15, 0.2) is 47.8 Å². The van der Waals surface area contributed by atoms with Gasteiger partial charge in [-0.2, -0.15) is 0 Å². The molecule has 0 unspecified atom stereocenters. The van der Waals surface area contributed by atoms with Gasteiger partial charge in [0.2, 0.25) is 0 Å². The van der Waals surface area contributed by atoms with Gasteiger partial charge in [-0.05, 0) is 43.2 Å². The zero-order valence-electron chi connectivity index (χ0n) is 14.9. The van der Waals surface area contributed by atoms with E-state index in [1.807, 2.05) is 6.92 Å². The van der Waals surface area contributed by atoms with Gasteiger partial charge in [-0.15, -0.1) is 0 Å². The van der Waals surface area contributed by atoms with Gasteiger partial charge < -0.3 is 19.5 Å². The van der Waals surface area contributed by atoms with Crippen molar-refractivity contribution in [1.29, 1.82) is 0 Å². The predicted octanol–water partition coefficient (Wildman–Crippen LogP) is 2.49. The molecule has 1 aromatic rings. The number of esters is 2. The Bertz CT molecular complexity index is 863. The summed E-state index contributed by atoms with van der Waals surface area (Å²) in [4.78, 5) is 37.7. The van der Waals surface area contributed by atoms with Crippen molar-refractivity contribution in [3.8, 4) is 0 Å². The van der Waals surface area contributed by atoms with Gasteiger partial charge in [0.05, 0.1) is 31.0 Å². The smallest absolute Gasteiger partial charge is 0.355 e. The predicted molar refractivity (Wildman–Crippen MR) is 94.7 cm³/mol. The van der Waals surface area contributed by atoms with Crippen molar-refractivity contribution < 1.29 is 29.0 Å². The molecule has 136 valence electrons. The van der Waals surface area contributed by atoms with Crippen LogP contribution in [0.25, 0.3) is 0 Å². The molecule has 1 heterocycles. The maximum atomic E-state index is 12.5. The number of ether oxygens (including phenoxy) is 2. The number of anilines is 1. The molecule has 0 fully saturated rings. The first kappa shape index (κ1) is 19.0. The van der Waals surface area contributed by atoms with Gasteiger partial charge in [-0.25, -0.2) is 14.4 Å². The van der Waals surface area contributed by atoms with Crippen LogP contribution in [0.5, 0.6) is 0 Å². The fourth-order valence-corrected chi connectivity index (χ4v) is 2.62. The number of methoxy groups -OCH3 is 2. The molecule has 0 aromatic heterocycles. The van der Waals surface area contributed by atoms with Gasteiger partial charge in [0.25, 0.3) is 0 Å². The molecule has 1 aliphatic heterocycles. The summed E-state index contributed by atoms with van der Waals surface area (Å²) in [6.45, 7) is 3.57. The average molecular weight is 357 g/mol. The molecule has 0 saturated carbocycles. The Morgan fingerprint density at radius 2 is 1.65 bits per heavy atom. The highest BCUT2D eigenvalue weighted by molar-refractivity contribution is 6.07. The van der Waals surface area contributed by atoms with Gasteiger partial charge in [0, 0.05) is 6.20 Å². The molecule has 1 aliphatic rings. The van der Waals surface area contributed by atoms with E-state index in [-0.39, 0.29) is 22.5 Å². The molecule has 0 amide bonds. The number of rotatable bonds is 4. The second kappa shape index (κ2) is 7.69. The Hall–Kier alpha value is -3.35. The minimum Gasteiger partial charge on any atom is -0.478 e. The summed E-state index contributed by atoms with van der Waals surface area (Å²) in [5.41, 5.74) is 1.59. The zero-order valence-corrected chi connectivity index (χ0v) is 14.9. The number of hydrogen-bond donors (Lipinski definition) is 1. The maximum Gasteiger partial charge on any atom is 0.355 e. The van der Waals surface area contributed by atoms with Crippen LogP contribution in [-0.4, -0.2) is 37.2 Å². The number of aryl methyl sites for hydroxylation is 1. The topological polar surface area (TPSA) is 93.1 Å². The lowest BCUT2D eigenvalue weighted by Crippen LogP contribution is -2.29. The van der Waals surface area contributed by atoms with Crippen LogP contribution in [0, 0.1) is 13.8 Å². The van der Waals surface area contributed by atoms with E-state index in [4.69, 9.17) is 9.47 Å². The summed E-state index contributed by atoms with van der Waals surface area (Å²) in [6.07, 6.45) is 6.07. The number of nitrogens with zero attached hydrogens (tertiary/aromatic N) is 1. The lowest BCUT2D eigenvalue weighted by atomic mass is 10.0. The Labute approximate surface area is 150 Å². The number of benzene rings is 1. The number of aromatic carboxylic acids is 1. The van der Waals surface area contributed by atoms with Gasteiger partial charge in [-0.1, -0.05) is 12.1 Å². The summed E-state index contributed by atoms with van der Waals surface area (Å²) in [5, 5.41) is 9.60. The van der Waals surface area contributed by atoms with Crippen molar-refractivity contribution in [2.45, 2.75) is 13.8 Å². The number of carboxylic acids is 1. The van der Waals surface area contributed by atoms with E-state index >= 15 is 0 Å². The summed E-state index contributed by atoms with van der Waals surface area (Å²) in [7, 11) is 2.38. The Kier molecular flexibility index (Phi) is 5.61. The first-order chi connectivity index (χ1) is 12.3. The van der Waals surface area contributed by atoms with E-state index in [2.05, 4.69) is 0 Å². The van der Waals surface area contributed by atoms with Crippen molar-refractivity contribution in [2.24, 2.45) is 0 Å². The van der Waals surface area contributed by atoms with Crippen molar-refractivity contribution in [1.82, 2.24) is 0 Å². The molecule has 0 bridgehead atoms. The van der Waals surface area contributed by atoms with Crippen molar-refractivity contribution in [2.75, 3.05) is 19.1 Å². The van der Waals surface area contributed by atoms with Crippen LogP contribution in [0.4, 0.5) is 5.69 Å². The van der Waals surface area contributed by atoms with E-state index < -0.39 is 17.9 Å². The van der Waals surface area contributed by atoms with Crippen molar-refractivity contribution in [3.05, 3.63) is 64.5 Å². The molecule has 0 saturated heterocycles. The molecule has 26 heavy (non-hydrogen) atoms. The van der Waals surface area contributed by atoms with Crippen LogP contribution < -0.4 is 4.90 Å². The number of allylic oxidation sites excluding steroid dienone is 2. The first-order valence-corrected chi connectivity index (χ1v) is 7.72. The van der Waals surface area contributed by atoms with E-state index in [1.54, 1.807) is 25.1 Å². The fraction of sp³-hybridized carbons (Fsp3) is 0.211. The Morgan fingerprint density at radius 3 is 2.23 bits per heavy atom. The molecule has 7 heteroatoms. The summed E-state index contributed by atoms with van der Waals surface area (Å²) in [6, 6.07) is 3.14. The normalized spacial score (nSPS) is 13.5. The third-order valence-electron chi connectivity index (χ3n) is 4.06. The summed E-state index contributed by atoms with van der Waals surface area (Å²) < 4.78 is 9.59. The molecule has 2 rings (SSSR count). The molecule has 0 spiro atoms. The lowest BCUT2D eigenvalue weighted by molar-refractivity contribution is -0.139. The van der Waals surface area contributed by atoms with Crippen molar-refractivity contribution >= 4 is 23.6 Å². The molecular formula is C19H19NO6. The third-order valence-corrected chi connectivity index (χ3v) is 4.06. The van der Waals surface area contributed by atoms with Crippen molar-refractivity contribution in [3.63, 3.8) is 0 Å². The molecule has 1 N–H and O–H groups in total. The van der Waals surface area contributed by atoms with E-state index in [1.165, 1.54) is 37.5 Å². The largest absolute Gasteiger partial charge is 0.478 e. The molecule has 7 nitrogen and oxygen atoms in total. The molecule has 1 aromatic carbocycles. The Balaban J connectivity index is 2.86. The highest BCUT2D eigenvalue weighted by Crippen LogP contribution is 2.33. The second-order valence-corrected chi connectivity index (χ2v) is 5.52. The van der Waals surface area contributed by atoms with E-state index in [9.17, 15) is 19.5 Å². The zero-order chi connectivity index (χ0) is 19.4. The lowest BCUT2D eigenvalue weighted by Gasteiger charge is -2.27. The minimum absolute atomic E-state index is 0.00901. The van der Waals surface area contributed by atoms with Crippen LogP contribution in [-0.2, 0) is 19.1 Å². The van der Waals surface area contributed by atoms with Crippen LogP contribution in [0.3, 0.4) is 0 Å². The standard InChI is InChI=1S/C19H19NO6/c1-11-8-9-13(17(21)22)15(12(11)2)20-10-6-5-7-14(18(23)25-3)16(20)19(24)26-4/h5-10H,1-4H3,(H,21,22). The molecule has 0 radical (unpaired) electrons. The van der Waals surface area contributed by atoms with Crippen LogP contribution in [0.1, 0.15) is 21.5 Å². The average Bonchev–Trinajstić information content (AvgIpc) is 2.84. The summed E-state index contributed by atoms with van der Waals surface area (Å²) >= 11 is 0. The molecular weight excluding hydrogens is 338 g/mol.